The monoisotopic (exact) mass is 218 g/mol. The van der Waals surface area contributed by atoms with Gasteiger partial charge in [0.05, 0.1) is 12.7 Å². The minimum absolute atomic E-state index is 0.750. The Morgan fingerprint density at radius 1 is 1.31 bits per heavy atom. The molecule has 2 aromatic heterocycles. The summed E-state index contributed by atoms with van der Waals surface area (Å²) < 4.78 is 0. The van der Waals surface area contributed by atoms with Crippen LogP contribution in [-0.2, 0) is 6.54 Å². The van der Waals surface area contributed by atoms with Gasteiger partial charge >= 0.3 is 0 Å². The van der Waals surface area contributed by atoms with Crippen LogP contribution in [0.5, 0.6) is 0 Å². The van der Waals surface area contributed by atoms with Crippen molar-refractivity contribution in [3.8, 4) is 0 Å². The zero-order valence-electron chi connectivity index (χ0n) is 8.98. The highest BCUT2D eigenvalue weighted by molar-refractivity contribution is 5.68. The van der Waals surface area contributed by atoms with Crippen molar-refractivity contribution in [2.75, 3.05) is 26.2 Å². The second-order valence-electron chi connectivity index (χ2n) is 3.97. The molecule has 2 N–H and O–H groups in total. The van der Waals surface area contributed by atoms with Crippen LogP contribution in [0.2, 0.25) is 0 Å². The molecule has 16 heavy (non-hydrogen) atoms. The molecule has 1 fully saturated rings. The van der Waals surface area contributed by atoms with Gasteiger partial charge in [0.25, 0.3) is 0 Å². The molecule has 1 saturated heterocycles. The average molecular weight is 218 g/mol. The molecule has 0 aliphatic carbocycles. The Bertz CT molecular complexity index is 440. The summed E-state index contributed by atoms with van der Waals surface area (Å²) in [7, 11) is 0. The van der Waals surface area contributed by atoms with Gasteiger partial charge in [0.15, 0.2) is 5.65 Å². The summed E-state index contributed by atoms with van der Waals surface area (Å²) in [5.41, 5.74) is 1.66. The molecule has 0 atom stereocenters. The van der Waals surface area contributed by atoms with Crippen molar-refractivity contribution in [3.05, 3.63) is 18.3 Å². The van der Waals surface area contributed by atoms with Gasteiger partial charge in [0.2, 0.25) is 0 Å². The van der Waals surface area contributed by atoms with Crippen LogP contribution >= 0.6 is 0 Å². The van der Waals surface area contributed by atoms with E-state index >= 15 is 0 Å². The molecule has 0 unspecified atom stereocenters. The first-order valence-corrected chi connectivity index (χ1v) is 5.49. The average Bonchev–Trinajstić information content (AvgIpc) is 2.72. The number of aromatic amines is 1. The molecule has 1 aliphatic rings. The molecule has 84 valence electrons. The quantitative estimate of drug-likeness (QED) is 0.728. The predicted molar refractivity (Wildman–Crippen MR) is 59.8 cm³/mol. The summed E-state index contributed by atoms with van der Waals surface area (Å²) in [4.78, 5) is 18.1. The molecule has 0 aromatic carbocycles. The lowest BCUT2D eigenvalue weighted by Gasteiger charge is -2.26. The highest BCUT2D eigenvalue weighted by atomic mass is 15.2. The number of hydrogen-bond acceptors (Lipinski definition) is 5. The van der Waals surface area contributed by atoms with E-state index in [0.29, 0.717) is 0 Å². The van der Waals surface area contributed by atoms with Crippen LogP contribution < -0.4 is 5.32 Å². The molecular formula is C10H14N6. The van der Waals surface area contributed by atoms with Crippen LogP contribution in [-0.4, -0.2) is 51.0 Å². The van der Waals surface area contributed by atoms with Crippen LogP contribution in [0.3, 0.4) is 0 Å². The molecule has 0 bridgehead atoms. The van der Waals surface area contributed by atoms with Crippen LogP contribution in [0.15, 0.2) is 12.5 Å². The number of piperazine rings is 1. The Morgan fingerprint density at radius 3 is 3.00 bits per heavy atom. The maximum atomic E-state index is 4.44. The minimum atomic E-state index is 0.750. The third-order valence-electron chi connectivity index (χ3n) is 2.79. The topological polar surface area (TPSA) is 69.7 Å². The number of hydrogen-bond donors (Lipinski definition) is 2. The van der Waals surface area contributed by atoms with Gasteiger partial charge in [-0.05, 0) is 0 Å². The fourth-order valence-electron chi connectivity index (χ4n) is 1.97. The molecule has 2 aromatic rings. The van der Waals surface area contributed by atoms with E-state index in [1.165, 1.54) is 6.33 Å². The Labute approximate surface area is 93.1 Å². The summed E-state index contributed by atoms with van der Waals surface area (Å²) in [6, 6.07) is 0. The number of imidazole rings is 1. The summed E-state index contributed by atoms with van der Waals surface area (Å²) in [6.45, 7) is 5.11. The summed E-state index contributed by atoms with van der Waals surface area (Å²) in [5, 5.41) is 3.33. The molecule has 0 radical (unpaired) electrons. The fraction of sp³-hybridized carbons (Fsp3) is 0.500. The second-order valence-corrected chi connectivity index (χ2v) is 3.97. The lowest BCUT2D eigenvalue weighted by molar-refractivity contribution is 0.229. The minimum Gasteiger partial charge on any atom is -0.338 e. The van der Waals surface area contributed by atoms with Gasteiger partial charge in [-0.15, -0.1) is 0 Å². The van der Waals surface area contributed by atoms with Crippen LogP contribution in [0.25, 0.3) is 11.2 Å². The van der Waals surface area contributed by atoms with Gasteiger partial charge in [0.1, 0.15) is 17.7 Å². The van der Waals surface area contributed by atoms with Gasteiger partial charge in [-0.2, -0.15) is 0 Å². The van der Waals surface area contributed by atoms with E-state index < -0.39 is 0 Å². The maximum absolute atomic E-state index is 4.44. The number of fused-ring (bicyclic) bond motifs is 1. The molecular weight excluding hydrogens is 204 g/mol. The van der Waals surface area contributed by atoms with E-state index in [1.54, 1.807) is 6.20 Å². The standard InChI is InChI=1S/C10H14N6/c1-3-16(4-2-11-1)6-9-14-8-5-12-7-13-10(8)15-9/h5,7,11H,1-4,6H2,(H,12,13,14,15). The van der Waals surface area contributed by atoms with E-state index in [1.807, 2.05) is 0 Å². The lowest BCUT2D eigenvalue weighted by Crippen LogP contribution is -2.43. The molecule has 1 aliphatic heterocycles. The third-order valence-corrected chi connectivity index (χ3v) is 2.79. The van der Waals surface area contributed by atoms with Crippen LogP contribution in [0.4, 0.5) is 0 Å². The fourth-order valence-corrected chi connectivity index (χ4v) is 1.97. The van der Waals surface area contributed by atoms with E-state index in [-0.39, 0.29) is 0 Å². The van der Waals surface area contributed by atoms with Crippen molar-refractivity contribution in [1.29, 1.82) is 0 Å². The highest BCUT2D eigenvalue weighted by Crippen LogP contribution is 2.08. The second kappa shape index (κ2) is 4.15. The number of H-pyrrole nitrogens is 1. The summed E-state index contributed by atoms with van der Waals surface area (Å²) in [5.74, 6) is 0.970. The number of nitrogens with one attached hydrogen (secondary N) is 2. The molecule has 0 amide bonds. The van der Waals surface area contributed by atoms with Crippen LogP contribution in [0.1, 0.15) is 5.82 Å². The smallest absolute Gasteiger partial charge is 0.180 e. The predicted octanol–water partition coefficient (Wildman–Crippen LogP) is -0.242. The zero-order valence-corrected chi connectivity index (χ0v) is 8.98. The SMILES string of the molecule is c1ncc2[nH]c(CN3CCNCC3)nc2n1. The van der Waals surface area contributed by atoms with Crippen LogP contribution in [0, 0.1) is 0 Å². The van der Waals surface area contributed by atoms with Gasteiger partial charge < -0.3 is 10.3 Å². The lowest BCUT2D eigenvalue weighted by atomic mass is 10.3. The Hall–Kier alpha value is -1.53. The Balaban J connectivity index is 1.78. The highest BCUT2D eigenvalue weighted by Gasteiger charge is 2.12. The van der Waals surface area contributed by atoms with Gasteiger partial charge in [-0.1, -0.05) is 0 Å². The van der Waals surface area contributed by atoms with E-state index in [0.717, 1.165) is 49.7 Å². The number of rotatable bonds is 2. The molecule has 3 rings (SSSR count). The maximum Gasteiger partial charge on any atom is 0.180 e. The molecule has 3 heterocycles. The number of nitrogens with zero attached hydrogens (tertiary/aromatic N) is 4. The van der Waals surface area contributed by atoms with Gasteiger partial charge in [-0.25, -0.2) is 15.0 Å². The molecule has 6 nitrogen and oxygen atoms in total. The van der Waals surface area contributed by atoms with E-state index in [2.05, 4.69) is 30.2 Å². The van der Waals surface area contributed by atoms with Gasteiger partial charge in [-0.3, -0.25) is 4.90 Å². The van der Waals surface area contributed by atoms with Crippen molar-refractivity contribution in [2.45, 2.75) is 6.54 Å². The molecule has 0 saturated carbocycles. The Kier molecular flexibility index (Phi) is 2.51. The molecule has 0 spiro atoms. The van der Waals surface area contributed by atoms with Crippen molar-refractivity contribution in [3.63, 3.8) is 0 Å². The summed E-state index contributed by atoms with van der Waals surface area (Å²) >= 11 is 0. The normalized spacial score (nSPS) is 18.0. The summed E-state index contributed by atoms with van der Waals surface area (Å²) in [6.07, 6.45) is 3.29. The number of aromatic nitrogens is 4. The Morgan fingerprint density at radius 2 is 2.19 bits per heavy atom. The van der Waals surface area contributed by atoms with Crippen molar-refractivity contribution < 1.29 is 0 Å². The van der Waals surface area contributed by atoms with Crippen molar-refractivity contribution >= 4 is 11.2 Å². The van der Waals surface area contributed by atoms with Gasteiger partial charge in [0, 0.05) is 26.2 Å². The van der Waals surface area contributed by atoms with E-state index in [4.69, 9.17) is 0 Å². The van der Waals surface area contributed by atoms with Crippen molar-refractivity contribution in [1.82, 2.24) is 30.2 Å². The first-order valence-electron chi connectivity index (χ1n) is 5.49. The first-order chi connectivity index (χ1) is 7.92. The zero-order chi connectivity index (χ0) is 10.8. The third kappa shape index (κ3) is 1.89. The molecule has 6 heteroatoms. The largest absolute Gasteiger partial charge is 0.338 e. The van der Waals surface area contributed by atoms with Crippen molar-refractivity contribution in [2.24, 2.45) is 0 Å². The van der Waals surface area contributed by atoms with E-state index in [9.17, 15) is 0 Å². The first kappa shape index (κ1) is 9.68.